The van der Waals surface area contributed by atoms with Crippen molar-refractivity contribution in [2.75, 3.05) is 24.6 Å². The van der Waals surface area contributed by atoms with E-state index in [-0.39, 0.29) is 73.7 Å². The van der Waals surface area contributed by atoms with Gasteiger partial charge in [-0.2, -0.15) is 11.8 Å². The average Bonchev–Trinajstić information content (AvgIpc) is 3.94. The number of nitrogens with two attached hydrogens (primary N) is 3. The van der Waals surface area contributed by atoms with Crippen LogP contribution in [-0.2, 0) is 59.2 Å². The number of hydrogen-bond acceptors (Lipinski definition) is 13. The van der Waals surface area contributed by atoms with E-state index in [2.05, 4.69) is 37.2 Å². The molecule has 2 saturated heterocycles. The van der Waals surface area contributed by atoms with Crippen LogP contribution in [0.2, 0.25) is 0 Å². The summed E-state index contributed by atoms with van der Waals surface area (Å²) in [7, 11) is 0. The number of piperidine rings is 1. The predicted octanol–water partition coefficient (Wildman–Crippen LogP) is -2.95. The largest absolute Gasteiger partial charge is 0.508 e. The summed E-state index contributed by atoms with van der Waals surface area (Å²) in [6, 6.07) is -3.28. The highest BCUT2D eigenvalue weighted by Crippen LogP contribution is 2.50. The molecule has 11 amide bonds. The van der Waals surface area contributed by atoms with Crippen LogP contribution >= 0.6 is 11.8 Å². The number of amides is 11. The van der Waals surface area contributed by atoms with E-state index in [1.165, 1.54) is 28.8 Å². The highest BCUT2D eigenvalue weighted by Gasteiger charge is 2.58. The van der Waals surface area contributed by atoms with Gasteiger partial charge in [-0.05, 0) is 72.8 Å². The van der Waals surface area contributed by atoms with Crippen molar-refractivity contribution in [1.29, 1.82) is 0 Å². The molecule has 0 aromatic heterocycles. The van der Waals surface area contributed by atoms with Gasteiger partial charge in [0.1, 0.15) is 48.0 Å². The SMILES string of the molecule is CC[C@H](C)[C@@H]1NC(=O)[C@H](Cc2ccc(O)cc2)NC(=O)CCSCC[C@@H](C(=O)N2C[C@H]3C[C@H]3[C@H]2C(=O)N[C@@H](CC(C)C)C(=O)NCC(N)=O)NC(=O)[C@H](CC(N)=O)NC(=O)C(CCC(N)=O)NC1=O. The van der Waals surface area contributed by atoms with E-state index in [1.54, 1.807) is 26.0 Å². The van der Waals surface area contributed by atoms with Crippen LogP contribution in [0.15, 0.2) is 24.3 Å². The first-order valence-corrected chi connectivity index (χ1v) is 24.3. The zero-order valence-corrected chi connectivity index (χ0v) is 40.2. The molecule has 3 aliphatic rings. The number of phenolic OH excluding ortho intramolecular Hbond substituents is 1. The Balaban J connectivity index is 1.68. The molecule has 2 aliphatic heterocycles. The van der Waals surface area contributed by atoms with Crippen molar-refractivity contribution in [3.8, 4) is 5.75 Å². The van der Waals surface area contributed by atoms with Crippen molar-refractivity contribution < 1.29 is 57.8 Å². The maximum absolute atomic E-state index is 14.6. The molecule has 1 aromatic rings. The normalized spacial score (nSPS) is 25.8. The fourth-order valence-corrected chi connectivity index (χ4v) is 9.22. The number of thioether (sulfide) groups is 1. The fourth-order valence-electron chi connectivity index (χ4n) is 8.28. The van der Waals surface area contributed by atoms with Gasteiger partial charge < -0.3 is 64.4 Å². The third-order valence-electron chi connectivity index (χ3n) is 12.3. The zero-order valence-electron chi connectivity index (χ0n) is 39.4. The van der Waals surface area contributed by atoms with Crippen LogP contribution in [0, 0.1) is 23.7 Å². The second-order valence-corrected chi connectivity index (χ2v) is 19.6. The smallest absolute Gasteiger partial charge is 0.245 e. The Labute approximate surface area is 404 Å². The summed E-state index contributed by atoms with van der Waals surface area (Å²) < 4.78 is 0. The lowest BCUT2D eigenvalue weighted by Gasteiger charge is -2.32. The van der Waals surface area contributed by atoms with Gasteiger partial charge in [-0.3, -0.25) is 52.7 Å². The minimum atomic E-state index is -1.72. The first kappa shape index (κ1) is 55.1. The molecule has 69 heavy (non-hydrogen) atoms. The first-order valence-electron chi connectivity index (χ1n) is 23.2. The van der Waals surface area contributed by atoms with Crippen molar-refractivity contribution in [2.24, 2.45) is 40.9 Å². The van der Waals surface area contributed by atoms with Crippen LogP contribution in [0.4, 0.5) is 0 Å². The second kappa shape index (κ2) is 25.8. The first-order chi connectivity index (χ1) is 32.6. The molecule has 1 saturated carbocycles. The van der Waals surface area contributed by atoms with Gasteiger partial charge in [0, 0.05) is 31.6 Å². The molecule has 1 aliphatic carbocycles. The highest BCUT2D eigenvalue weighted by molar-refractivity contribution is 7.99. The molecule has 3 fully saturated rings. The number of benzene rings is 1. The molecule has 10 atom stereocenters. The Bertz CT molecular complexity index is 2090. The zero-order chi connectivity index (χ0) is 51.1. The lowest BCUT2D eigenvalue weighted by Crippen LogP contribution is -2.61. The number of phenols is 1. The summed E-state index contributed by atoms with van der Waals surface area (Å²) in [5.74, 6) is -9.32. The number of carbonyl (C=O) groups excluding carboxylic acids is 11. The molecular weight excluding hydrogens is 919 g/mol. The van der Waals surface area contributed by atoms with Gasteiger partial charge in [0.15, 0.2) is 0 Å². The molecule has 380 valence electrons. The van der Waals surface area contributed by atoms with Gasteiger partial charge in [-0.15, -0.1) is 0 Å². The number of nitrogens with one attached hydrogen (secondary N) is 7. The summed E-state index contributed by atoms with van der Waals surface area (Å²) in [6.07, 6.45) is -0.569. The third kappa shape index (κ3) is 16.9. The molecule has 1 unspecified atom stereocenters. The summed E-state index contributed by atoms with van der Waals surface area (Å²) in [4.78, 5) is 149. The Kier molecular flexibility index (Phi) is 20.6. The summed E-state index contributed by atoms with van der Waals surface area (Å²) in [6.45, 7) is 6.79. The maximum Gasteiger partial charge on any atom is 0.245 e. The Morgan fingerprint density at radius 3 is 2.09 bits per heavy atom. The fraction of sp³-hybridized carbons (Fsp3) is 0.622. The number of rotatable bonds is 17. The quantitative estimate of drug-likeness (QED) is 0.0745. The molecule has 24 heteroatoms. The predicted molar refractivity (Wildman–Crippen MR) is 250 cm³/mol. The number of likely N-dealkylation sites (tertiary alicyclic amines) is 1. The lowest BCUT2D eigenvalue weighted by atomic mass is 9.96. The average molecular weight is 986 g/mol. The molecule has 1 aromatic carbocycles. The van der Waals surface area contributed by atoms with Gasteiger partial charge >= 0.3 is 0 Å². The topological polar surface area (TPSA) is 374 Å². The monoisotopic (exact) mass is 985 g/mol. The minimum absolute atomic E-state index is 0.0217. The van der Waals surface area contributed by atoms with E-state index in [0.29, 0.717) is 18.4 Å². The van der Waals surface area contributed by atoms with Gasteiger partial charge in [0.25, 0.3) is 0 Å². The van der Waals surface area contributed by atoms with E-state index >= 15 is 0 Å². The van der Waals surface area contributed by atoms with Gasteiger partial charge in [0.2, 0.25) is 65.0 Å². The van der Waals surface area contributed by atoms with Crippen molar-refractivity contribution in [3.05, 3.63) is 29.8 Å². The minimum Gasteiger partial charge on any atom is -0.508 e. The molecule has 14 N–H and O–H groups in total. The van der Waals surface area contributed by atoms with E-state index < -0.39 is 133 Å². The van der Waals surface area contributed by atoms with Crippen molar-refractivity contribution >= 4 is 76.7 Å². The Morgan fingerprint density at radius 2 is 1.46 bits per heavy atom. The second-order valence-electron chi connectivity index (χ2n) is 18.3. The maximum atomic E-state index is 14.6. The van der Waals surface area contributed by atoms with Crippen LogP contribution in [0.1, 0.15) is 84.6 Å². The van der Waals surface area contributed by atoms with E-state index in [0.717, 1.165) is 0 Å². The molecule has 0 bridgehead atoms. The molecule has 0 spiro atoms. The van der Waals surface area contributed by atoms with Crippen LogP contribution < -0.4 is 54.4 Å². The number of hydrogen-bond donors (Lipinski definition) is 11. The number of carbonyl (C=O) groups is 11. The van der Waals surface area contributed by atoms with Gasteiger partial charge in [-0.1, -0.05) is 46.2 Å². The van der Waals surface area contributed by atoms with Gasteiger partial charge in [0.05, 0.1) is 13.0 Å². The lowest BCUT2D eigenvalue weighted by molar-refractivity contribution is -0.143. The Hall–Kier alpha value is -6.46. The number of aromatic hydroxyl groups is 1. The summed E-state index contributed by atoms with van der Waals surface area (Å²) in [5.41, 5.74) is 16.7. The standard InChI is InChI=1S/C45H67N11O12S/c1-5-23(4)37-43(66)51-28(10-11-33(46)58)40(63)53-32(19-34(47)59)41(64)52-29(12-14-69-15-13-36(61)50-31(42(65)55-37)17-24-6-8-26(57)9-7-24)45(68)56-21-25-18-27(25)38(56)44(67)54-30(16-22(2)3)39(62)49-20-35(48)60/h6-9,22-23,25,27-32,37-38,57H,5,10-21H2,1-4H3,(H2,46,58)(H2,47,59)(H2,48,60)(H,49,62)(H,50,61)(H,51,66)(H,52,64)(H,53,63)(H,54,67)(H,55,65)/t23-,25+,27+,28?,29-,30-,31-,32-,37-,38-/m0/s1. The Morgan fingerprint density at radius 1 is 0.812 bits per heavy atom. The molecule has 0 radical (unpaired) electrons. The number of nitrogens with zero attached hydrogens (tertiary/aromatic N) is 1. The summed E-state index contributed by atoms with van der Waals surface area (Å²) in [5, 5.41) is 28.0. The van der Waals surface area contributed by atoms with Crippen molar-refractivity contribution in [2.45, 2.75) is 128 Å². The van der Waals surface area contributed by atoms with Crippen molar-refractivity contribution in [3.63, 3.8) is 0 Å². The van der Waals surface area contributed by atoms with Crippen LogP contribution in [0.5, 0.6) is 5.75 Å². The molecule has 23 nitrogen and oxygen atoms in total. The van der Waals surface area contributed by atoms with E-state index in [4.69, 9.17) is 17.2 Å². The van der Waals surface area contributed by atoms with Crippen LogP contribution in [0.3, 0.4) is 0 Å². The molecule has 4 rings (SSSR count). The molecule has 2 heterocycles. The van der Waals surface area contributed by atoms with Gasteiger partial charge in [-0.25, -0.2) is 0 Å². The van der Waals surface area contributed by atoms with E-state index in [9.17, 15) is 57.8 Å². The van der Waals surface area contributed by atoms with Crippen LogP contribution in [-0.4, -0.2) is 142 Å². The van der Waals surface area contributed by atoms with Crippen molar-refractivity contribution in [1.82, 2.24) is 42.1 Å². The number of primary amides is 3. The number of fused-ring (bicyclic) bond motifs is 1. The third-order valence-corrected chi connectivity index (χ3v) is 13.3. The molecular formula is C45H67N11O12S. The van der Waals surface area contributed by atoms with E-state index in [1.807, 2.05) is 13.8 Å². The van der Waals surface area contributed by atoms with Crippen LogP contribution in [0.25, 0.3) is 0 Å². The highest BCUT2D eigenvalue weighted by atomic mass is 32.2. The summed E-state index contributed by atoms with van der Waals surface area (Å²) >= 11 is 1.24.